The zero-order chi connectivity index (χ0) is 17.3. The zero-order valence-electron chi connectivity index (χ0n) is 13.7. The zero-order valence-corrected chi connectivity index (χ0v) is 14.4. The van der Waals surface area contributed by atoms with Crippen molar-refractivity contribution in [2.45, 2.75) is 20.3 Å². The van der Waals surface area contributed by atoms with E-state index in [1.54, 1.807) is 50.4 Å². The van der Waals surface area contributed by atoms with Crippen molar-refractivity contribution in [3.63, 3.8) is 0 Å². The van der Waals surface area contributed by atoms with Crippen LogP contribution in [0.25, 0.3) is 11.0 Å². The van der Waals surface area contributed by atoms with Crippen molar-refractivity contribution in [3.05, 3.63) is 63.0 Å². The van der Waals surface area contributed by atoms with Gasteiger partial charge in [0.2, 0.25) is 11.2 Å². The molecule has 24 heavy (non-hydrogen) atoms. The Morgan fingerprint density at radius 2 is 1.88 bits per heavy atom. The summed E-state index contributed by atoms with van der Waals surface area (Å²) < 4.78 is 16.9. The topological polar surface area (TPSA) is 48.7 Å². The van der Waals surface area contributed by atoms with Crippen molar-refractivity contribution < 1.29 is 13.9 Å². The van der Waals surface area contributed by atoms with E-state index in [9.17, 15) is 4.79 Å². The van der Waals surface area contributed by atoms with E-state index in [0.29, 0.717) is 33.3 Å². The average Bonchev–Trinajstić information content (AvgIpc) is 2.59. The maximum atomic E-state index is 12.8. The predicted molar refractivity (Wildman–Crippen MR) is 94.7 cm³/mol. The van der Waals surface area contributed by atoms with Gasteiger partial charge >= 0.3 is 0 Å². The van der Waals surface area contributed by atoms with Crippen molar-refractivity contribution in [2.75, 3.05) is 7.11 Å². The first-order valence-corrected chi connectivity index (χ1v) is 7.99. The number of benzene rings is 2. The highest BCUT2D eigenvalue weighted by Crippen LogP contribution is 2.30. The Bertz CT molecular complexity index is 942. The van der Waals surface area contributed by atoms with E-state index < -0.39 is 0 Å². The Hall–Kier alpha value is -2.46. The normalized spacial score (nSPS) is 10.8. The first-order valence-electron chi connectivity index (χ1n) is 7.61. The highest BCUT2D eigenvalue weighted by atomic mass is 35.5. The van der Waals surface area contributed by atoms with Crippen LogP contribution in [-0.4, -0.2) is 7.11 Å². The lowest BCUT2D eigenvalue weighted by Crippen LogP contribution is -2.08. The molecule has 4 nitrogen and oxygen atoms in total. The standard InChI is InChI=1S/C19H17ClO4/c1-4-12-9-15-17(10-16(12)22-3)23-11(2)19(18(15)21)24-14-7-5-13(20)6-8-14/h5-10H,4H2,1-3H3. The van der Waals surface area contributed by atoms with Gasteiger partial charge in [-0.25, -0.2) is 0 Å². The minimum atomic E-state index is -0.207. The molecule has 0 amide bonds. The second kappa shape index (κ2) is 6.57. The molecule has 3 rings (SSSR count). The number of halogens is 1. The van der Waals surface area contributed by atoms with Gasteiger partial charge in [0, 0.05) is 11.1 Å². The second-order valence-corrected chi connectivity index (χ2v) is 5.82. The molecule has 1 aromatic heterocycles. The number of hydrogen-bond acceptors (Lipinski definition) is 4. The van der Waals surface area contributed by atoms with Crippen LogP contribution in [0.3, 0.4) is 0 Å². The van der Waals surface area contributed by atoms with Gasteiger partial charge in [-0.1, -0.05) is 18.5 Å². The van der Waals surface area contributed by atoms with Crippen LogP contribution in [0.1, 0.15) is 18.2 Å². The van der Waals surface area contributed by atoms with Gasteiger partial charge in [-0.2, -0.15) is 0 Å². The molecule has 0 saturated heterocycles. The summed E-state index contributed by atoms with van der Waals surface area (Å²) in [4.78, 5) is 12.8. The van der Waals surface area contributed by atoms with Gasteiger partial charge in [-0.05, 0) is 49.2 Å². The molecule has 0 fully saturated rings. The molecule has 0 saturated carbocycles. The summed E-state index contributed by atoms with van der Waals surface area (Å²) in [5.74, 6) is 1.82. The van der Waals surface area contributed by atoms with Gasteiger partial charge in [0.15, 0.2) is 0 Å². The van der Waals surface area contributed by atoms with Crippen LogP contribution in [0, 0.1) is 6.92 Å². The fourth-order valence-electron chi connectivity index (χ4n) is 2.57. The molecule has 2 aromatic carbocycles. The van der Waals surface area contributed by atoms with Gasteiger partial charge in [0.1, 0.15) is 22.8 Å². The smallest absolute Gasteiger partial charge is 0.235 e. The van der Waals surface area contributed by atoms with Crippen LogP contribution in [-0.2, 0) is 6.42 Å². The Balaban J connectivity index is 2.15. The van der Waals surface area contributed by atoms with Gasteiger partial charge in [-0.15, -0.1) is 0 Å². The third-order valence-electron chi connectivity index (χ3n) is 3.83. The maximum absolute atomic E-state index is 12.8. The molecular formula is C19H17ClO4. The molecule has 0 atom stereocenters. The molecule has 124 valence electrons. The van der Waals surface area contributed by atoms with Gasteiger partial charge in [0.05, 0.1) is 12.5 Å². The molecule has 0 N–H and O–H groups in total. The fraction of sp³-hybridized carbons (Fsp3) is 0.211. The maximum Gasteiger partial charge on any atom is 0.235 e. The minimum Gasteiger partial charge on any atom is -0.496 e. The Morgan fingerprint density at radius 1 is 1.17 bits per heavy atom. The molecule has 0 radical (unpaired) electrons. The lowest BCUT2D eigenvalue weighted by atomic mass is 10.1. The van der Waals surface area contributed by atoms with Crippen LogP contribution in [0.5, 0.6) is 17.2 Å². The van der Waals surface area contributed by atoms with E-state index in [2.05, 4.69) is 0 Å². The molecule has 1 heterocycles. The molecule has 0 bridgehead atoms. The largest absolute Gasteiger partial charge is 0.496 e. The van der Waals surface area contributed by atoms with Gasteiger partial charge < -0.3 is 13.9 Å². The number of aryl methyl sites for hydroxylation is 2. The van der Waals surface area contributed by atoms with Crippen molar-refractivity contribution in [3.8, 4) is 17.2 Å². The van der Waals surface area contributed by atoms with Gasteiger partial charge in [0.25, 0.3) is 0 Å². The van der Waals surface area contributed by atoms with E-state index in [-0.39, 0.29) is 11.2 Å². The second-order valence-electron chi connectivity index (χ2n) is 5.39. The third-order valence-corrected chi connectivity index (χ3v) is 4.08. The van der Waals surface area contributed by atoms with Crippen LogP contribution < -0.4 is 14.9 Å². The van der Waals surface area contributed by atoms with Crippen LogP contribution in [0.2, 0.25) is 5.02 Å². The summed E-state index contributed by atoms with van der Waals surface area (Å²) in [6.07, 6.45) is 0.750. The number of methoxy groups -OCH3 is 1. The number of ether oxygens (including phenoxy) is 2. The Morgan fingerprint density at radius 3 is 2.50 bits per heavy atom. The monoisotopic (exact) mass is 344 g/mol. The minimum absolute atomic E-state index is 0.178. The fourth-order valence-corrected chi connectivity index (χ4v) is 2.69. The molecule has 0 aliphatic rings. The summed E-state index contributed by atoms with van der Waals surface area (Å²) in [6, 6.07) is 10.4. The summed E-state index contributed by atoms with van der Waals surface area (Å²) in [6.45, 7) is 3.71. The first-order chi connectivity index (χ1) is 11.5. The summed E-state index contributed by atoms with van der Waals surface area (Å²) in [7, 11) is 1.60. The van der Waals surface area contributed by atoms with Crippen molar-refractivity contribution >= 4 is 22.6 Å². The Kier molecular flexibility index (Phi) is 4.49. The molecule has 0 aliphatic carbocycles. The lowest BCUT2D eigenvalue weighted by molar-refractivity contribution is 0.408. The molecule has 5 heteroatoms. The van der Waals surface area contributed by atoms with Crippen LogP contribution >= 0.6 is 11.6 Å². The number of rotatable bonds is 4. The van der Waals surface area contributed by atoms with E-state index in [1.807, 2.05) is 6.92 Å². The molecular weight excluding hydrogens is 328 g/mol. The van der Waals surface area contributed by atoms with Crippen molar-refractivity contribution in [2.24, 2.45) is 0 Å². The van der Waals surface area contributed by atoms with Crippen molar-refractivity contribution in [1.82, 2.24) is 0 Å². The highest BCUT2D eigenvalue weighted by Gasteiger charge is 2.16. The quantitative estimate of drug-likeness (QED) is 0.659. The van der Waals surface area contributed by atoms with E-state index >= 15 is 0 Å². The summed E-state index contributed by atoms with van der Waals surface area (Å²) in [5.41, 5.74) is 1.22. The average molecular weight is 345 g/mol. The summed E-state index contributed by atoms with van der Waals surface area (Å²) >= 11 is 5.87. The van der Waals surface area contributed by atoms with E-state index in [1.165, 1.54) is 0 Å². The first kappa shape index (κ1) is 16.4. The number of hydrogen-bond donors (Lipinski definition) is 0. The lowest BCUT2D eigenvalue weighted by Gasteiger charge is -2.11. The molecule has 3 aromatic rings. The predicted octanol–water partition coefficient (Wildman–Crippen LogP) is 5.12. The van der Waals surface area contributed by atoms with Gasteiger partial charge in [-0.3, -0.25) is 4.79 Å². The van der Waals surface area contributed by atoms with Crippen molar-refractivity contribution in [1.29, 1.82) is 0 Å². The molecule has 0 unspecified atom stereocenters. The van der Waals surface area contributed by atoms with Crippen LogP contribution in [0.4, 0.5) is 0 Å². The third kappa shape index (κ3) is 2.97. The molecule has 0 spiro atoms. The van der Waals surface area contributed by atoms with Crippen LogP contribution in [0.15, 0.2) is 45.6 Å². The summed E-state index contributed by atoms with van der Waals surface area (Å²) in [5, 5.41) is 1.08. The highest BCUT2D eigenvalue weighted by molar-refractivity contribution is 6.30. The Labute approximate surface area is 144 Å². The SMILES string of the molecule is CCc1cc2c(=O)c(Oc3ccc(Cl)cc3)c(C)oc2cc1OC. The number of fused-ring (bicyclic) bond motifs is 1. The van der Waals surface area contributed by atoms with E-state index in [4.69, 9.17) is 25.5 Å². The molecule has 0 aliphatic heterocycles. The van der Waals surface area contributed by atoms with E-state index in [0.717, 1.165) is 12.0 Å².